The summed E-state index contributed by atoms with van der Waals surface area (Å²) in [5.74, 6) is 0.377. The SMILES string of the molecule is CC(C)(C)OC(=O)N1CC(c2nc(-c3ccc(Cl)c(NC(=O)c4cnc5ccccn45)c3)no2)C1. The van der Waals surface area contributed by atoms with Crippen LogP contribution in [0.1, 0.15) is 43.1 Å². The van der Waals surface area contributed by atoms with E-state index in [2.05, 4.69) is 20.4 Å². The van der Waals surface area contributed by atoms with Gasteiger partial charge in [0, 0.05) is 24.8 Å². The Labute approximate surface area is 205 Å². The van der Waals surface area contributed by atoms with E-state index in [1.807, 2.05) is 39.0 Å². The quantitative estimate of drug-likeness (QED) is 0.440. The van der Waals surface area contributed by atoms with E-state index >= 15 is 0 Å². The number of nitrogens with zero attached hydrogens (tertiary/aromatic N) is 5. The third kappa shape index (κ3) is 4.69. The van der Waals surface area contributed by atoms with Gasteiger partial charge in [0.25, 0.3) is 5.91 Å². The average molecular weight is 495 g/mol. The molecule has 1 aliphatic heterocycles. The van der Waals surface area contributed by atoms with Crippen molar-refractivity contribution in [2.75, 3.05) is 18.4 Å². The summed E-state index contributed by atoms with van der Waals surface area (Å²) in [5.41, 5.74) is 1.53. The van der Waals surface area contributed by atoms with Gasteiger partial charge in [-0.1, -0.05) is 22.8 Å². The number of likely N-dealkylation sites (tertiary alicyclic amines) is 1. The molecular weight excluding hydrogens is 472 g/mol. The minimum Gasteiger partial charge on any atom is -0.444 e. The molecule has 1 fully saturated rings. The fraction of sp³-hybridized carbons (Fsp3) is 0.292. The van der Waals surface area contributed by atoms with Gasteiger partial charge in [-0.3, -0.25) is 9.20 Å². The average Bonchev–Trinajstić information content (AvgIpc) is 3.40. The highest BCUT2D eigenvalue weighted by molar-refractivity contribution is 6.34. The molecule has 1 aromatic carbocycles. The molecule has 10 nitrogen and oxygen atoms in total. The lowest BCUT2D eigenvalue weighted by atomic mass is 10.0. The van der Waals surface area contributed by atoms with Gasteiger partial charge in [0.2, 0.25) is 11.7 Å². The highest BCUT2D eigenvalue weighted by atomic mass is 35.5. The van der Waals surface area contributed by atoms with E-state index < -0.39 is 5.60 Å². The molecule has 5 rings (SSSR count). The largest absolute Gasteiger partial charge is 0.444 e. The van der Waals surface area contributed by atoms with Gasteiger partial charge in [-0.2, -0.15) is 4.98 Å². The monoisotopic (exact) mass is 494 g/mol. The number of pyridine rings is 1. The number of nitrogens with one attached hydrogen (secondary N) is 1. The Bertz CT molecular complexity index is 1420. The molecule has 0 saturated carbocycles. The smallest absolute Gasteiger partial charge is 0.410 e. The zero-order valence-corrected chi connectivity index (χ0v) is 20.1. The van der Waals surface area contributed by atoms with Crippen molar-refractivity contribution in [2.24, 2.45) is 0 Å². The molecule has 0 atom stereocenters. The van der Waals surface area contributed by atoms with Crippen LogP contribution in [-0.2, 0) is 4.74 Å². The lowest BCUT2D eigenvalue weighted by Crippen LogP contribution is -2.50. The van der Waals surface area contributed by atoms with Crippen LogP contribution in [-0.4, -0.2) is 55.1 Å². The number of ether oxygens (including phenoxy) is 1. The Morgan fingerprint density at radius 1 is 1.20 bits per heavy atom. The van der Waals surface area contributed by atoms with E-state index in [-0.39, 0.29) is 17.9 Å². The van der Waals surface area contributed by atoms with E-state index in [0.29, 0.717) is 52.4 Å². The van der Waals surface area contributed by atoms with Crippen LogP contribution in [0.3, 0.4) is 0 Å². The van der Waals surface area contributed by atoms with Crippen molar-refractivity contribution in [3.63, 3.8) is 0 Å². The first kappa shape index (κ1) is 22.9. The lowest BCUT2D eigenvalue weighted by molar-refractivity contribution is 0.00557. The molecule has 0 unspecified atom stereocenters. The maximum absolute atomic E-state index is 12.9. The Morgan fingerprint density at radius 3 is 2.77 bits per heavy atom. The summed E-state index contributed by atoms with van der Waals surface area (Å²) < 4.78 is 12.5. The third-order valence-electron chi connectivity index (χ3n) is 5.45. The van der Waals surface area contributed by atoms with Crippen LogP contribution in [0.4, 0.5) is 10.5 Å². The van der Waals surface area contributed by atoms with Crippen LogP contribution in [0.5, 0.6) is 0 Å². The van der Waals surface area contributed by atoms with Gasteiger partial charge in [-0.15, -0.1) is 0 Å². The number of halogens is 1. The molecule has 0 spiro atoms. The predicted octanol–water partition coefficient (Wildman–Crippen LogP) is 4.62. The predicted molar refractivity (Wildman–Crippen MR) is 128 cm³/mol. The summed E-state index contributed by atoms with van der Waals surface area (Å²) in [7, 11) is 0. The molecule has 0 bridgehead atoms. The number of carbonyl (C=O) groups excluding carboxylic acids is 2. The van der Waals surface area contributed by atoms with E-state index in [0.717, 1.165) is 0 Å². The number of anilines is 1. The summed E-state index contributed by atoms with van der Waals surface area (Å²) in [5, 5.41) is 7.26. The maximum atomic E-state index is 12.9. The van der Waals surface area contributed by atoms with Gasteiger partial charge < -0.3 is 19.5 Å². The van der Waals surface area contributed by atoms with Crippen LogP contribution >= 0.6 is 11.6 Å². The fourth-order valence-electron chi connectivity index (χ4n) is 3.68. The van der Waals surface area contributed by atoms with E-state index in [1.54, 1.807) is 33.7 Å². The molecule has 4 aromatic rings. The van der Waals surface area contributed by atoms with Crippen molar-refractivity contribution in [1.29, 1.82) is 0 Å². The zero-order chi connectivity index (χ0) is 24.7. The normalized spacial score (nSPS) is 14.1. The molecule has 180 valence electrons. The molecule has 35 heavy (non-hydrogen) atoms. The number of benzene rings is 1. The van der Waals surface area contributed by atoms with Crippen molar-refractivity contribution in [2.45, 2.75) is 32.3 Å². The first-order chi connectivity index (χ1) is 16.7. The Hall–Kier alpha value is -3.92. The highest BCUT2D eigenvalue weighted by Crippen LogP contribution is 2.31. The molecule has 4 heterocycles. The van der Waals surface area contributed by atoms with Crippen LogP contribution in [0.15, 0.2) is 53.3 Å². The standard InChI is InChI=1S/C24H23ClN6O4/c1-24(2,3)34-23(33)30-12-15(13-30)22-28-20(29-35-22)14-7-8-16(25)17(10-14)27-21(32)18-11-26-19-6-4-5-9-31(18)19/h4-11,15H,12-13H2,1-3H3,(H,27,32). The second-order valence-corrected chi connectivity index (χ2v) is 9.67. The summed E-state index contributed by atoms with van der Waals surface area (Å²) in [6.07, 6.45) is 2.91. The summed E-state index contributed by atoms with van der Waals surface area (Å²) in [4.78, 5) is 35.3. The van der Waals surface area contributed by atoms with E-state index in [1.165, 1.54) is 6.20 Å². The fourth-order valence-corrected chi connectivity index (χ4v) is 3.84. The molecule has 1 aliphatic rings. The van der Waals surface area contributed by atoms with Crippen LogP contribution in [0, 0.1) is 0 Å². The summed E-state index contributed by atoms with van der Waals surface area (Å²) >= 11 is 6.34. The number of aromatic nitrogens is 4. The van der Waals surface area contributed by atoms with Crippen LogP contribution in [0.2, 0.25) is 5.02 Å². The van der Waals surface area contributed by atoms with E-state index in [9.17, 15) is 9.59 Å². The van der Waals surface area contributed by atoms with E-state index in [4.69, 9.17) is 20.9 Å². The second-order valence-electron chi connectivity index (χ2n) is 9.26. The molecule has 1 N–H and O–H groups in total. The first-order valence-corrected chi connectivity index (χ1v) is 11.4. The number of fused-ring (bicyclic) bond motifs is 1. The molecule has 11 heteroatoms. The molecular formula is C24H23ClN6O4. The number of imidazole rings is 1. The Morgan fingerprint density at radius 2 is 2.00 bits per heavy atom. The van der Waals surface area contributed by atoms with Crippen molar-refractivity contribution in [3.05, 3.63) is 65.4 Å². The molecule has 1 saturated heterocycles. The zero-order valence-electron chi connectivity index (χ0n) is 19.4. The van der Waals surface area contributed by atoms with Gasteiger partial charge in [-0.05, 0) is 51.1 Å². The van der Waals surface area contributed by atoms with Crippen LogP contribution in [0.25, 0.3) is 17.0 Å². The van der Waals surface area contributed by atoms with Crippen molar-refractivity contribution in [3.8, 4) is 11.4 Å². The topological polar surface area (TPSA) is 115 Å². The molecule has 0 radical (unpaired) electrons. The van der Waals surface area contributed by atoms with Crippen molar-refractivity contribution < 1.29 is 18.8 Å². The Balaban J connectivity index is 1.28. The minimum absolute atomic E-state index is 0.0645. The van der Waals surface area contributed by atoms with Crippen LogP contribution < -0.4 is 5.32 Å². The summed E-state index contributed by atoms with van der Waals surface area (Å²) in [6.45, 7) is 6.36. The van der Waals surface area contributed by atoms with Crippen molar-refractivity contribution >= 4 is 34.9 Å². The minimum atomic E-state index is -0.549. The Kier molecular flexibility index (Phi) is 5.68. The first-order valence-electron chi connectivity index (χ1n) is 11.0. The maximum Gasteiger partial charge on any atom is 0.410 e. The van der Waals surface area contributed by atoms with Gasteiger partial charge in [0.15, 0.2) is 0 Å². The lowest BCUT2D eigenvalue weighted by Gasteiger charge is -2.37. The van der Waals surface area contributed by atoms with Gasteiger partial charge in [0.05, 0.1) is 22.8 Å². The van der Waals surface area contributed by atoms with Gasteiger partial charge in [-0.25, -0.2) is 9.78 Å². The summed E-state index contributed by atoms with van der Waals surface area (Å²) in [6, 6.07) is 10.6. The van der Waals surface area contributed by atoms with Gasteiger partial charge >= 0.3 is 6.09 Å². The number of rotatable bonds is 4. The molecule has 0 aliphatic carbocycles. The van der Waals surface area contributed by atoms with Gasteiger partial charge in [0.1, 0.15) is 16.9 Å². The third-order valence-corrected chi connectivity index (χ3v) is 5.78. The molecule has 2 amide bonds. The second kappa shape index (κ2) is 8.70. The number of amides is 2. The molecule has 3 aromatic heterocycles. The number of carbonyl (C=O) groups is 2. The van der Waals surface area contributed by atoms with Crippen molar-refractivity contribution in [1.82, 2.24) is 24.4 Å². The number of hydrogen-bond acceptors (Lipinski definition) is 7. The number of hydrogen-bond donors (Lipinski definition) is 1. The highest BCUT2D eigenvalue weighted by Gasteiger charge is 2.37.